The van der Waals surface area contributed by atoms with E-state index in [1.165, 1.54) is 38.2 Å². The Morgan fingerprint density at radius 3 is 2.62 bits per heavy atom. The van der Waals surface area contributed by atoms with Crippen LogP contribution in [-0.4, -0.2) is 12.1 Å². The van der Waals surface area contributed by atoms with Gasteiger partial charge in [0.05, 0.1) is 0 Å². The lowest BCUT2D eigenvalue weighted by molar-refractivity contribution is -0.146. The van der Waals surface area contributed by atoms with E-state index in [0.717, 1.165) is 30.6 Å². The molecule has 0 aromatic rings. The molecule has 0 heterocycles. The van der Waals surface area contributed by atoms with Crippen LogP contribution < -0.4 is 0 Å². The van der Waals surface area contributed by atoms with E-state index in [1.807, 2.05) is 0 Å². The minimum absolute atomic E-state index is 0.124. The van der Waals surface area contributed by atoms with Crippen LogP contribution in [0.4, 0.5) is 0 Å². The normalized spacial score (nSPS) is 44.5. The first kappa shape index (κ1) is 15.1. The van der Waals surface area contributed by atoms with Crippen molar-refractivity contribution in [2.75, 3.05) is 0 Å². The molecule has 2 bridgehead atoms. The van der Waals surface area contributed by atoms with Crippen molar-refractivity contribution in [3.8, 4) is 0 Å². The molecule has 0 aliphatic heterocycles. The van der Waals surface area contributed by atoms with Gasteiger partial charge in [0.2, 0.25) is 0 Å². The zero-order valence-corrected chi connectivity index (χ0v) is 13.9. The van der Waals surface area contributed by atoms with Crippen LogP contribution >= 0.6 is 0 Å². The second kappa shape index (κ2) is 5.14. The number of carbonyl (C=O) groups is 1. The third-order valence-corrected chi connectivity index (χ3v) is 7.50. The molecule has 0 amide bonds. The van der Waals surface area contributed by atoms with Gasteiger partial charge < -0.3 is 4.74 Å². The molecule has 2 heteroatoms. The van der Waals surface area contributed by atoms with Crippen molar-refractivity contribution < 1.29 is 9.53 Å². The first-order valence-electron chi connectivity index (χ1n) is 8.73. The van der Waals surface area contributed by atoms with Crippen LogP contribution in [0.2, 0.25) is 0 Å². The summed E-state index contributed by atoms with van der Waals surface area (Å²) >= 11 is 0. The lowest BCUT2D eigenvalue weighted by Crippen LogP contribution is -2.42. The highest BCUT2D eigenvalue weighted by molar-refractivity contribution is 5.81. The number of rotatable bonds is 3. The number of hydrogen-bond acceptors (Lipinski definition) is 2. The van der Waals surface area contributed by atoms with E-state index in [0.29, 0.717) is 10.8 Å². The van der Waals surface area contributed by atoms with Gasteiger partial charge >= 0.3 is 5.97 Å². The predicted octanol–water partition coefficient (Wildman–Crippen LogP) is 4.74. The zero-order valence-electron chi connectivity index (χ0n) is 13.9. The van der Waals surface area contributed by atoms with Crippen molar-refractivity contribution in [3.05, 3.63) is 12.7 Å². The Hall–Kier alpha value is -0.790. The van der Waals surface area contributed by atoms with Gasteiger partial charge in [-0.25, -0.2) is 4.79 Å². The van der Waals surface area contributed by atoms with Gasteiger partial charge in [0.25, 0.3) is 0 Å². The maximum Gasteiger partial charge on any atom is 0.330 e. The largest absolute Gasteiger partial charge is 0.459 e. The Bertz CT molecular complexity index is 439. The van der Waals surface area contributed by atoms with Gasteiger partial charge in [0.15, 0.2) is 0 Å². The maximum atomic E-state index is 11.5. The smallest absolute Gasteiger partial charge is 0.330 e. The standard InChI is InChI=1S/C19H30O2/c1-5-17(20)21-16-8-6-7-14(11-16)19-10-9-15(12-19)18(3,4)13(19)2/h5,13-16H,1,6-12H2,2-4H3. The number of fused-ring (bicyclic) bond motifs is 2. The van der Waals surface area contributed by atoms with Crippen LogP contribution in [0.3, 0.4) is 0 Å². The van der Waals surface area contributed by atoms with Gasteiger partial charge in [-0.3, -0.25) is 0 Å². The van der Waals surface area contributed by atoms with Gasteiger partial charge in [-0.1, -0.05) is 27.4 Å². The van der Waals surface area contributed by atoms with Crippen LogP contribution in [0.1, 0.15) is 65.7 Å². The number of esters is 1. The average Bonchev–Trinajstić information content (AvgIpc) is 2.99. The lowest BCUT2D eigenvalue weighted by Gasteiger charge is -2.48. The Balaban J connectivity index is 1.74. The molecular weight excluding hydrogens is 260 g/mol. The summed E-state index contributed by atoms with van der Waals surface area (Å²) in [6.45, 7) is 10.9. The van der Waals surface area contributed by atoms with Crippen molar-refractivity contribution in [2.45, 2.75) is 71.8 Å². The second-order valence-electron chi connectivity index (χ2n) is 8.34. The SMILES string of the molecule is C=CC(=O)OC1CCCC(C23CCC(C2)C(C)(C)C3C)C1. The highest BCUT2D eigenvalue weighted by atomic mass is 16.5. The van der Waals surface area contributed by atoms with Crippen LogP contribution in [0.15, 0.2) is 12.7 Å². The molecule has 0 saturated heterocycles. The fourth-order valence-electron chi connectivity index (χ4n) is 5.94. The van der Waals surface area contributed by atoms with Gasteiger partial charge in [-0.2, -0.15) is 0 Å². The molecule has 0 N–H and O–H groups in total. The summed E-state index contributed by atoms with van der Waals surface area (Å²) in [5.41, 5.74) is 1.01. The quantitative estimate of drug-likeness (QED) is 0.554. The monoisotopic (exact) mass is 290 g/mol. The van der Waals surface area contributed by atoms with Crippen molar-refractivity contribution in [1.82, 2.24) is 0 Å². The van der Waals surface area contributed by atoms with Gasteiger partial charge in [-0.05, 0) is 73.5 Å². The molecular formula is C19H30O2. The molecule has 5 atom stereocenters. The first-order valence-corrected chi connectivity index (χ1v) is 8.73. The van der Waals surface area contributed by atoms with Gasteiger partial charge in [0, 0.05) is 6.08 Å². The molecule has 5 unspecified atom stereocenters. The number of ether oxygens (including phenoxy) is 1. The molecule has 2 nitrogen and oxygen atoms in total. The molecule has 0 radical (unpaired) electrons. The summed E-state index contributed by atoms with van der Waals surface area (Å²) in [5, 5.41) is 0. The summed E-state index contributed by atoms with van der Waals surface area (Å²) in [4.78, 5) is 11.5. The van der Waals surface area contributed by atoms with Gasteiger partial charge in [-0.15, -0.1) is 0 Å². The highest BCUT2D eigenvalue weighted by Gasteiger charge is 2.62. The summed E-state index contributed by atoms with van der Waals surface area (Å²) in [5.74, 6) is 2.20. The van der Waals surface area contributed by atoms with E-state index in [1.54, 1.807) is 0 Å². The van der Waals surface area contributed by atoms with Gasteiger partial charge in [0.1, 0.15) is 6.10 Å². The van der Waals surface area contributed by atoms with E-state index in [-0.39, 0.29) is 12.1 Å². The number of carbonyl (C=O) groups excluding carboxylic acids is 1. The molecule has 3 fully saturated rings. The minimum Gasteiger partial charge on any atom is -0.459 e. The van der Waals surface area contributed by atoms with Crippen LogP contribution in [0, 0.1) is 28.6 Å². The molecule has 3 rings (SSSR count). The topological polar surface area (TPSA) is 26.3 Å². The number of hydrogen-bond donors (Lipinski definition) is 0. The van der Waals surface area contributed by atoms with E-state index in [4.69, 9.17) is 4.74 Å². The average molecular weight is 290 g/mol. The van der Waals surface area contributed by atoms with Crippen molar-refractivity contribution in [2.24, 2.45) is 28.6 Å². The summed E-state index contributed by atoms with van der Waals surface area (Å²) in [6, 6.07) is 0. The zero-order chi connectivity index (χ0) is 15.3. The third-order valence-electron chi connectivity index (χ3n) is 7.50. The summed E-state index contributed by atoms with van der Waals surface area (Å²) in [7, 11) is 0. The molecule has 0 aromatic heterocycles. The predicted molar refractivity (Wildman–Crippen MR) is 84.8 cm³/mol. The third kappa shape index (κ3) is 2.26. The fraction of sp³-hybridized carbons (Fsp3) is 0.842. The second-order valence-corrected chi connectivity index (χ2v) is 8.34. The van der Waals surface area contributed by atoms with Crippen molar-refractivity contribution in [1.29, 1.82) is 0 Å². The Morgan fingerprint density at radius 1 is 1.24 bits per heavy atom. The van der Waals surface area contributed by atoms with E-state index >= 15 is 0 Å². The molecule has 21 heavy (non-hydrogen) atoms. The van der Waals surface area contributed by atoms with E-state index < -0.39 is 0 Å². The molecule has 3 saturated carbocycles. The summed E-state index contributed by atoms with van der Waals surface area (Å²) in [6.07, 6.45) is 10.3. The molecule has 0 spiro atoms. The maximum absolute atomic E-state index is 11.5. The molecule has 3 aliphatic rings. The molecule has 118 valence electrons. The minimum atomic E-state index is -0.248. The first-order chi connectivity index (χ1) is 9.90. The van der Waals surface area contributed by atoms with Crippen LogP contribution in [0.5, 0.6) is 0 Å². The molecule has 3 aliphatic carbocycles. The fourth-order valence-corrected chi connectivity index (χ4v) is 5.94. The van der Waals surface area contributed by atoms with Crippen molar-refractivity contribution in [3.63, 3.8) is 0 Å². The Labute approximate surface area is 129 Å². The van der Waals surface area contributed by atoms with E-state index in [9.17, 15) is 4.79 Å². The summed E-state index contributed by atoms with van der Waals surface area (Å²) < 4.78 is 5.56. The van der Waals surface area contributed by atoms with Crippen LogP contribution in [0.25, 0.3) is 0 Å². The molecule has 0 aromatic carbocycles. The van der Waals surface area contributed by atoms with E-state index in [2.05, 4.69) is 27.4 Å². The Morgan fingerprint density at radius 2 is 2.00 bits per heavy atom. The van der Waals surface area contributed by atoms with Crippen molar-refractivity contribution >= 4 is 5.97 Å². The highest BCUT2D eigenvalue weighted by Crippen LogP contribution is 2.70. The Kier molecular flexibility index (Phi) is 3.70. The van der Waals surface area contributed by atoms with Crippen LogP contribution in [-0.2, 0) is 9.53 Å². The lowest BCUT2D eigenvalue weighted by atomic mass is 9.57.